The fourth-order valence-electron chi connectivity index (χ4n) is 3.52. The van der Waals surface area contributed by atoms with Crippen LogP contribution in [0.1, 0.15) is 35.9 Å². The maximum Gasteiger partial charge on any atom is 0.293 e. The van der Waals surface area contributed by atoms with Gasteiger partial charge in [-0.3, -0.25) is 9.59 Å². The van der Waals surface area contributed by atoms with Crippen molar-refractivity contribution in [3.8, 4) is 0 Å². The first kappa shape index (κ1) is 18.1. The molecular formula is C20H22N6O2. The molecule has 4 rings (SSSR count). The van der Waals surface area contributed by atoms with Gasteiger partial charge in [0.2, 0.25) is 11.7 Å². The van der Waals surface area contributed by atoms with Gasteiger partial charge in [-0.1, -0.05) is 37.3 Å². The first-order valence-electron chi connectivity index (χ1n) is 9.45. The number of benzene rings is 1. The molecule has 0 aliphatic carbocycles. The Bertz CT molecular complexity index is 954. The molecule has 0 N–H and O–H groups in total. The average Bonchev–Trinajstić information content (AvgIpc) is 3.10. The molecule has 1 aliphatic heterocycles. The maximum atomic E-state index is 13.0. The lowest BCUT2D eigenvalue weighted by Gasteiger charge is -2.31. The van der Waals surface area contributed by atoms with Crippen LogP contribution in [0.25, 0.3) is 5.78 Å². The van der Waals surface area contributed by atoms with E-state index in [1.807, 2.05) is 42.2 Å². The van der Waals surface area contributed by atoms with Gasteiger partial charge in [-0.15, -0.1) is 5.10 Å². The first-order valence-corrected chi connectivity index (χ1v) is 9.45. The summed E-state index contributed by atoms with van der Waals surface area (Å²) in [6.45, 7) is 3.42. The highest BCUT2D eigenvalue weighted by Crippen LogP contribution is 2.19. The molecular weight excluding hydrogens is 356 g/mol. The molecule has 2 amide bonds. The summed E-state index contributed by atoms with van der Waals surface area (Å²) in [5.74, 6) is 0.293. The van der Waals surface area contributed by atoms with E-state index in [-0.39, 0.29) is 23.7 Å². The lowest BCUT2D eigenvalue weighted by molar-refractivity contribution is -0.133. The second kappa shape index (κ2) is 7.75. The third-order valence-electron chi connectivity index (χ3n) is 5.05. The molecule has 3 heterocycles. The third kappa shape index (κ3) is 3.58. The number of fused-ring (bicyclic) bond motifs is 1. The van der Waals surface area contributed by atoms with Gasteiger partial charge in [-0.05, 0) is 18.1 Å². The first-order chi connectivity index (χ1) is 13.7. The van der Waals surface area contributed by atoms with Crippen LogP contribution < -0.4 is 0 Å². The van der Waals surface area contributed by atoms with Crippen LogP contribution in [0.4, 0.5) is 0 Å². The summed E-state index contributed by atoms with van der Waals surface area (Å²) in [4.78, 5) is 37.7. The number of carbonyl (C=O) groups is 2. The number of nitrogens with zero attached hydrogens (tertiary/aromatic N) is 6. The highest BCUT2D eigenvalue weighted by molar-refractivity contribution is 5.91. The fraction of sp³-hybridized carbons (Fsp3) is 0.350. The van der Waals surface area contributed by atoms with E-state index in [1.165, 1.54) is 4.52 Å². The fourth-order valence-corrected chi connectivity index (χ4v) is 3.52. The Morgan fingerprint density at radius 3 is 2.79 bits per heavy atom. The summed E-state index contributed by atoms with van der Waals surface area (Å²) in [6.07, 6.45) is 4.37. The quantitative estimate of drug-likeness (QED) is 0.691. The minimum atomic E-state index is -0.265. The number of rotatable bonds is 4. The molecule has 28 heavy (non-hydrogen) atoms. The molecule has 0 radical (unpaired) electrons. The van der Waals surface area contributed by atoms with Crippen LogP contribution in [0, 0.1) is 0 Å². The highest BCUT2D eigenvalue weighted by atomic mass is 16.2. The van der Waals surface area contributed by atoms with Gasteiger partial charge in [-0.25, -0.2) is 9.50 Å². The Labute approximate surface area is 162 Å². The zero-order valence-corrected chi connectivity index (χ0v) is 15.7. The van der Waals surface area contributed by atoms with Gasteiger partial charge in [0.05, 0.1) is 0 Å². The van der Waals surface area contributed by atoms with Crippen molar-refractivity contribution in [3.05, 3.63) is 60.2 Å². The topological polar surface area (TPSA) is 83.7 Å². The van der Waals surface area contributed by atoms with E-state index >= 15 is 0 Å². The largest absolute Gasteiger partial charge is 0.334 e. The van der Waals surface area contributed by atoms with Crippen LogP contribution in [0.15, 0.2) is 48.8 Å². The van der Waals surface area contributed by atoms with Crippen molar-refractivity contribution in [1.29, 1.82) is 0 Å². The Kier molecular flexibility index (Phi) is 5.01. The predicted octanol–water partition coefficient (Wildman–Crippen LogP) is 1.78. The zero-order valence-electron chi connectivity index (χ0n) is 15.7. The van der Waals surface area contributed by atoms with Gasteiger partial charge >= 0.3 is 0 Å². The minimum Gasteiger partial charge on any atom is -0.334 e. The van der Waals surface area contributed by atoms with Crippen LogP contribution >= 0.6 is 0 Å². The van der Waals surface area contributed by atoms with Crippen molar-refractivity contribution in [3.63, 3.8) is 0 Å². The van der Waals surface area contributed by atoms with E-state index in [4.69, 9.17) is 0 Å². The molecule has 144 valence electrons. The molecule has 1 aliphatic rings. The predicted molar refractivity (Wildman–Crippen MR) is 102 cm³/mol. The van der Waals surface area contributed by atoms with Gasteiger partial charge < -0.3 is 9.80 Å². The Morgan fingerprint density at radius 1 is 1.21 bits per heavy atom. The number of aromatic nitrogens is 4. The van der Waals surface area contributed by atoms with Crippen molar-refractivity contribution in [2.24, 2.45) is 0 Å². The molecule has 8 heteroatoms. The smallest absolute Gasteiger partial charge is 0.293 e. The minimum absolute atomic E-state index is 0.0469. The average molecular weight is 378 g/mol. The van der Waals surface area contributed by atoms with Crippen LogP contribution in [-0.2, 0) is 11.3 Å². The summed E-state index contributed by atoms with van der Waals surface area (Å²) in [5, 5.41) is 4.23. The number of hydrogen-bond acceptors (Lipinski definition) is 5. The highest BCUT2D eigenvalue weighted by Gasteiger charge is 2.32. The molecule has 0 saturated carbocycles. The molecule has 1 saturated heterocycles. The monoisotopic (exact) mass is 378 g/mol. The van der Waals surface area contributed by atoms with Crippen molar-refractivity contribution >= 4 is 17.6 Å². The Hall–Kier alpha value is -3.29. The lowest BCUT2D eigenvalue weighted by atomic mass is 10.1. The summed E-state index contributed by atoms with van der Waals surface area (Å²) in [6, 6.07) is 11.6. The molecule has 0 bridgehead atoms. The second-order valence-electron chi connectivity index (χ2n) is 6.87. The van der Waals surface area contributed by atoms with Crippen molar-refractivity contribution in [1.82, 2.24) is 29.4 Å². The van der Waals surface area contributed by atoms with E-state index in [0.717, 1.165) is 12.0 Å². The zero-order chi connectivity index (χ0) is 19.5. The SMILES string of the molecule is CC[C@H]1CN(C(=O)c2nc3ncccn3n2)CCC(=O)N1Cc1ccccc1. The number of amides is 2. The Morgan fingerprint density at radius 2 is 2.04 bits per heavy atom. The van der Waals surface area contributed by atoms with Crippen molar-refractivity contribution in [2.45, 2.75) is 32.4 Å². The molecule has 1 aromatic carbocycles. The van der Waals surface area contributed by atoms with E-state index in [2.05, 4.69) is 15.1 Å². The van der Waals surface area contributed by atoms with Crippen LogP contribution in [0.2, 0.25) is 0 Å². The van der Waals surface area contributed by atoms with Gasteiger partial charge in [0.1, 0.15) is 0 Å². The molecule has 0 spiro atoms. The molecule has 0 unspecified atom stereocenters. The maximum absolute atomic E-state index is 13.0. The van der Waals surface area contributed by atoms with Gasteiger partial charge in [-0.2, -0.15) is 4.98 Å². The number of hydrogen-bond donors (Lipinski definition) is 0. The van der Waals surface area contributed by atoms with Gasteiger partial charge in [0, 0.05) is 44.5 Å². The van der Waals surface area contributed by atoms with E-state index < -0.39 is 0 Å². The van der Waals surface area contributed by atoms with Crippen LogP contribution in [-0.4, -0.2) is 60.3 Å². The summed E-state index contributed by atoms with van der Waals surface area (Å²) >= 11 is 0. The van der Waals surface area contributed by atoms with E-state index in [1.54, 1.807) is 23.4 Å². The molecule has 3 aromatic rings. The molecule has 1 atom stereocenters. The lowest BCUT2D eigenvalue weighted by Crippen LogP contribution is -2.44. The van der Waals surface area contributed by atoms with Crippen molar-refractivity contribution < 1.29 is 9.59 Å². The summed E-state index contributed by atoms with van der Waals surface area (Å²) in [5.41, 5.74) is 1.09. The van der Waals surface area contributed by atoms with Crippen molar-refractivity contribution in [2.75, 3.05) is 13.1 Å². The normalized spacial score (nSPS) is 17.8. The third-order valence-corrected chi connectivity index (χ3v) is 5.05. The van der Waals surface area contributed by atoms with E-state index in [0.29, 0.717) is 31.8 Å². The van der Waals surface area contributed by atoms with E-state index in [9.17, 15) is 9.59 Å². The van der Waals surface area contributed by atoms with Crippen LogP contribution in [0.5, 0.6) is 0 Å². The number of carbonyl (C=O) groups excluding carboxylic acids is 2. The molecule has 2 aromatic heterocycles. The summed E-state index contributed by atoms with van der Waals surface area (Å²) in [7, 11) is 0. The Balaban J connectivity index is 1.55. The standard InChI is InChI=1S/C20H22N6O2/c1-2-16-14-24(19(28)18-22-20-21-10-6-11-26(20)23-18)12-9-17(27)25(16)13-15-7-4-3-5-8-15/h3-8,10-11,16H,2,9,12-14H2,1H3/t16-/m0/s1. The van der Waals surface area contributed by atoms with Gasteiger partial charge in [0.25, 0.3) is 11.7 Å². The molecule has 1 fully saturated rings. The summed E-state index contributed by atoms with van der Waals surface area (Å²) < 4.78 is 1.48. The second-order valence-corrected chi connectivity index (χ2v) is 6.87. The molecule has 8 nitrogen and oxygen atoms in total. The van der Waals surface area contributed by atoms with Gasteiger partial charge in [0.15, 0.2) is 0 Å². The van der Waals surface area contributed by atoms with Crippen LogP contribution in [0.3, 0.4) is 0 Å².